The van der Waals surface area contributed by atoms with Crippen LogP contribution in [0.5, 0.6) is 0 Å². The Morgan fingerprint density at radius 1 is 1.33 bits per heavy atom. The van der Waals surface area contributed by atoms with E-state index in [0.717, 1.165) is 41.2 Å². The van der Waals surface area contributed by atoms with Gasteiger partial charge in [-0.1, -0.05) is 28.3 Å². The lowest BCUT2D eigenvalue weighted by Crippen LogP contribution is -2.18. The van der Waals surface area contributed by atoms with E-state index in [1.165, 1.54) is 11.3 Å². The van der Waals surface area contributed by atoms with Crippen LogP contribution in [0.3, 0.4) is 0 Å². The fraction of sp³-hybridized carbons (Fsp3) is 0.400. The molecule has 9 heteroatoms. The third-order valence-electron chi connectivity index (χ3n) is 3.58. The highest BCUT2D eigenvalue weighted by atomic mass is 32.2. The predicted octanol–water partition coefficient (Wildman–Crippen LogP) is 3.67. The minimum atomic E-state index is 0.292. The molecule has 0 aliphatic carbocycles. The molecule has 0 saturated carbocycles. The number of aromatic nitrogens is 3. The monoisotopic (exact) mass is 364 g/mol. The van der Waals surface area contributed by atoms with Crippen LogP contribution in [-0.4, -0.2) is 34.6 Å². The smallest absolute Gasteiger partial charge is 0.206 e. The predicted molar refractivity (Wildman–Crippen MR) is 91.1 cm³/mol. The molecule has 1 fully saturated rings. The molecule has 7 nitrogen and oxygen atoms in total. The summed E-state index contributed by atoms with van der Waals surface area (Å²) < 4.78 is 17.0. The Morgan fingerprint density at radius 3 is 3.17 bits per heavy atom. The molecule has 24 heavy (non-hydrogen) atoms. The Kier molecular flexibility index (Phi) is 4.81. The molecule has 1 saturated heterocycles. The summed E-state index contributed by atoms with van der Waals surface area (Å²) in [6.07, 6.45) is 4.15. The van der Waals surface area contributed by atoms with Crippen molar-refractivity contribution in [2.45, 2.75) is 29.0 Å². The number of nitrogens with one attached hydrogen (secondary N) is 1. The van der Waals surface area contributed by atoms with Gasteiger partial charge in [-0.15, -0.1) is 10.2 Å². The van der Waals surface area contributed by atoms with Gasteiger partial charge in [0.15, 0.2) is 10.1 Å². The van der Waals surface area contributed by atoms with Crippen LogP contribution in [0.1, 0.15) is 18.5 Å². The lowest BCUT2D eigenvalue weighted by Gasteiger charge is -2.08. The standard InChI is InChI=1S/C15H16N4O3S2/c1-3-11(20-5-1)8-16-14-17-18-15(24-14)23-9-10-7-13(22-19-10)12-4-2-6-21-12/h2,4,6-7,11H,1,3,5,8-9H2,(H,16,17). The molecule has 1 atom stereocenters. The largest absolute Gasteiger partial charge is 0.461 e. The molecule has 3 aromatic rings. The Balaban J connectivity index is 1.28. The molecule has 0 spiro atoms. The molecule has 4 heterocycles. The molecule has 3 aromatic heterocycles. The lowest BCUT2D eigenvalue weighted by atomic mass is 10.2. The van der Waals surface area contributed by atoms with Crippen LogP contribution >= 0.6 is 23.1 Å². The van der Waals surface area contributed by atoms with Crippen LogP contribution in [0.15, 0.2) is 37.7 Å². The van der Waals surface area contributed by atoms with Crippen molar-refractivity contribution in [2.24, 2.45) is 0 Å². The summed E-state index contributed by atoms with van der Waals surface area (Å²) in [5, 5.41) is 16.5. The SMILES string of the molecule is c1coc(-c2cc(CSc3nnc(NCC4CCCO4)s3)no2)c1. The van der Waals surface area contributed by atoms with Gasteiger partial charge in [0, 0.05) is 25.0 Å². The number of hydrogen-bond acceptors (Lipinski definition) is 9. The van der Waals surface area contributed by atoms with Crippen molar-refractivity contribution in [3.05, 3.63) is 30.2 Å². The van der Waals surface area contributed by atoms with E-state index in [9.17, 15) is 0 Å². The molecule has 0 aromatic carbocycles. The van der Waals surface area contributed by atoms with Crippen molar-refractivity contribution >= 4 is 28.2 Å². The topological polar surface area (TPSA) is 86.2 Å². The summed E-state index contributed by atoms with van der Waals surface area (Å²) in [5.74, 6) is 1.98. The van der Waals surface area contributed by atoms with E-state index >= 15 is 0 Å². The van der Waals surface area contributed by atoms with Gasteiger partial charge in [0.05, 0.1) is 18.1 Å². The number of anilines is 1. The summed E-state index contributed by atoms with van der Waals surface area (Å²) in [6, 6.07) is 5.54. The quantitative estimate of drug-likeness (QED) is 0.636. The van der Waals surface area contributed by atoms with E-state index in [-0.39, 0.29) is 0 Å². The number of furan rings is 1. The maximum Gasteiger partial charge on any atom is 0.206 e. The highest BCUT2D eigenvalue weighted by molar-refractivity contribution is 8.00. The van der Waals surface area contributed by atoms with Gasteiger partial charge >= 0.3 is 0 Å². The van der Waals surface area contributed by atoms with Crippen LogP contribution in [0.2, 0.25) is 0 Å². The average Bonchev–Trinajstić information content (AvgIpc) is 3.40. The van der Waals surface area contributed by atoms with Crippen molar-refractivity contribution in [3.63, 3.8) is 0 Å². The molecule has 0 amide bonds. The van der Waals surface area contributed by atoms with E-state index in [0.29, 0.717) is 23.4 Å². The van der Waals surface area contributed by atoms with Gasteiger partial charge in [0.25, 0.3) is 0 Å². The van der Waals surface area contributed by atoms with E-state index in [4.69, 9.17) is 13.7 Å². The fourth-order valence-electron chi connectivity index (χ4n) is 2.40. The van der Waals surface area contributed by atoms with Crippen LogP contribution in [0.25, 0.3) is 11.5 Å². The first-order valence-corrected chi connectivity index (χ1v) is 9.48. The molecule has 4 rings (SSSR count). The second-order valence-corrected chi connectivity index (χ2v) is 7.54. The van der Waals surface area contributed by atoms with E-state index < -0.39 is 0 Å². The summed E-state index contributed by atoms with van der Waals surface area (Å²) >= 11 is 3.12. The Morgan fingerprint density at radius 2 is 2.33 bits per heavy atom. The van der Waals surface area contributed by atoms with Crippen LogP contribution in [0, 0.1) is 0 Å². The minimum Gasteiger partial charge on any atom is -0.461 e. The normalized spacial score (nSPS) is 17.4. The molecule has 0 bridgehead atoms. The Hall–Kier alpha value is -1.84. The van der Waals surface area contributed by atoms with E-state index in [1.807, 2.05) is 18.2 Å². The van der Waals surface area contributed by atoms with Crippen molar-refractivity contribution in [3.8, 4) is 11.5 Å². The van der Waals surface area contributed by atoms with E-state index in [2.05, 4.69) is 20.7 Å². The zero-order valence-corrected chi connectivity index (χ0v) is 14.4. The summed E-state index contributed by atoms with van der Waals surface area (Å²) in [5.41, 5.74) is 0.843. The molecular weight excluding hydrogens is 348 g/mol. The van der Waals surface area contributed by atoms with Gasteiger partial charge in [-0.05, 0) is 25.0 Å². The van der Waals surface area contributed by atoms with Crippen molar-refractivity contribution in [1.29, 1.82) is 0 Å². The van der Waals surface area contributed by atoms with Gasteiger partial charge < -0.3 is 19.0 Å². The zero-order chi connectivity index (χ0) is 16.2. The van der Waals surface area contributed by atoms with Crippen molar-refractivity contribution < 1.29 is 13.7 Å². The first kappa shape index (κ1) is 15.7. The highest BCUT2D eigenvalue weighted by Gasteiger charge is 2.16. The number of rotatable bonds is 7. The first-order valence-electron chi connectivity index (χ1n) is 7.68. The lowest BCUT2D eigenvalue weighted by molar-refractivity contribution is 0.120. The zero-order valence-electron chi connectivity index (χ0n) is 12.8. The minimum absolute atomic E-state index is 0.292. The number of ether oxygens (including phenoxy) is 1. The molecule has 126 valence electrons. The molecule has 1 unspecified atom stereocenters. The van der Waals surface area contributed by atoms with Crippen molar-refractivity contribution in [2.75, 3.05) is 18.5 Å². The second-order valence-electron chi connectivity index (χ2n) is 5.34. The second kappa shape index (κ2) is 7.37. The van der Waals surface area contributed by atoms with Gasteiger partial charge in [-0.3, -0.25) is 0 Å². The summed E-state index contributed by atoms with van der Waals surface area (Å²) in [6.45, 7) is 1.65. The highest BCUT2D eigenvalue weighted by Crippen LogP contribution is 2.29. The first-order chi connectivity index (χ1) is 11.9. The Bertz CT molecular complexity index is 765. The van der Waals surface area contributed by atoms with Crippen LogP contribution < -0.4 is 5.32 Å². The summed E-state index contributed by atoms with van der Waals surface area (Å²) in [4.78, 5) is 0. The van der Waals surface area contributed by atoms with Crippen LogP contribution in [0.4, 0.5) is 5.13 Å². The molecule has 1 aliphatic heterocycles. The van der Waals surface area contributed by atoms with Gasteiger partial charge in [-0.2, -0.15) is 0 Å². The van der Waals surface area contributed by atoms with Gasteiger partial charge in [-0.25, -0.2) is 0 Å². The third-order valence-corrected chi connectivity index (χ3v) is 5.63. The van der Waals surface area contributed by atoms with E-state index in [1.54, 1.807) is 18.0 Å². The fourth-order valence-corrected chi connectivity index (χ4v) is 4.04. The summed E-state index contributed by atoms with van der Waals surface area (Å²) in [7, 11) is 0. The number of nitrogens with zero attached hydrogens (tertiary/aromatic N) is 3. The van der Waals surface area contributed by atoms with Crippen molar-refractivity contribution in [1.82, 2.24) is 15.4 Å². The molecule has 1 N–H and O–H groups in total. The third kappa shape index (κ3) is 3.80. The number of hydrogen-bond donors (Lipinski definition) is 1. The molecule has 0 radical (unpaired) electrons. The molecular formula is C15H16N4O3S2. The number of thioether (sulfide) groups is 1. The van der Waals surface area contributed by atoms with Crippen LogP contribution in [-0.2, 0) is 10.5 Å². The Labute approximate surface area is 146 Å². The van der Waals surface area contributed by atoms with Gasteiger partial charge in [0.1, 0.15) is 0 Å². The average molecular weight is 364 g/mol. The molecule has 1 aliphatic rings. The van der Waals surface area contributed by atoms with Gasteiger partial charge in [0.2, 0.25) is 10.9 Å². The maximum absolute atomic E-state index is 5.58. The maximum atomic E-state index is 5.58.